The molecule has 0 aromatic heterocycles. The van der Waals surface area contributed by atoms with E-state index in [1.54, 1.807) is 0 Å². The maximum Gasteiger partial charge on any atom is 0.320 e. The Morgan fingerprint density at radius 2 is 2.08 bits per heavy atom. The molecular weight excluding hydrogens is 154 g/mol. The summed E-state index contributed by atoms with van der Waals surface area (Å²) >= 11 is 0. The second-order valence-electron chi connectivity index (χ2n) is 3.41. The molecule has 0 unspecified atom stereocenters. The molecule has 3 heteroatoms. The van der Waals surface area contributed by atoms with Crippen LogP contribution in [0.15, 0.2) is 0 Å². The Bertz CT molecular complexity index is 134. The van der Waals surface area contributed by atoms with Gasteiger partial charge in [0.1, 0.15) is 0 Å². The van der Waals surface area contributed by atoms with Crippen LogP contribution in [-0.2, 0) is 9.53 Å². The molecule has 12 heavy (non-hydrogen) atoms. The van der Waals surface area contributed by atoms with Crippen molar-refractivity contribution < 1.29 is 9.53 Å². The van der Waals surface area contributed by atoms with Gasteiger partial charge in [0.15, 0.2) is 0 Å². The third-order valence-corrected chi connectivity index (χ3v) is 1.52. The topological polar surface area (TPSA) is 29.5 Å². The molecule has 0 aromatic carbocycles. The maximum absolute atomic E-state index is 11.1. The first-order valence-corrected chi connectivity index (χ1v) is 4.40. The predicted octanol–water partition coefficient (Wildman–Crippen LogP) is 1.14. The van der Waals surface area contributed by atoms with Crippen molar-refractivity contribution in [2.45, 2.75) is 20.8 Å². The van der Waals surface area contributed by atoms with Crippen molar-refractivity contribution in [3.8, 4) is 0 Å². The summed E-state index contributed by atoms with van der Waals surface area (Å²) in [6.07, 6.45) is 0. The molecule has 0 heterocycles. The zero-order chi connectivity index (χ0) is 9.56. The van der Waals surface area contributed by atoms with Crippen LogP contribution >= 0.6 is 0 Å². The zero-order valence-corrected chi connectivity index (χ0v) is 8.46. The van der Waals surface area contributed by atoms with Crippen molar-refractivity contribution in [3.63, 3.8) is 0 Å². The molecule has 0 bridgehead atoms. The van der Waals surface area contributed by atoms with Gasteiger partial charge < -0.3 is 4.74 Å². The van der Waals surface area contributed by atoms with Crippen molar-refractivity contribution >= 4 is 5.97 Å². The summed E-state index contributed by atoms with van der Waals surface area (Å²) in [5.41, 5.74) is 0. The Hall–Kier alpha value is -0.570. The first-order chi connectivity index (χ1) is 5.56. The number of esters is 1. The molecule has 72 valence electrons. The molecular formula is C9H19NO2. The summed E-state index contributed by atoms with van der Waals surface area (Å²) in [7, 11) is 1.90. The largest absolute Gasteiger partial charge is 0.464 e. The second kappa shape index (κ2) is 6.00. The zero-order valence-electron chi connectivity index (χ0n) is 8.46. The predicted molar refractivity (Wildman–Crippen MR) is 49.0 cm³/mol. The fourth-order valence-corrected chi connectivity index (χ4v) is 0.637. The lowest BCUT2D eigenvalue weighted by Gasteiger charge is -2.13. The number of ether oxygens (including phenoxy) is 1. The third-order valence-electron chi connectivity index (χ3n) is 1.52. The summed E-state index contributed by atoms with van der Waals surface area (Å²) < 4.78 is 5.00. The van der Waals surface area contributed by atoms with Crippen LogP contribution in [0.4, 0.5) is 0 Å². The Labute approximate surface area is 74.7 Å². The van der Waals surface area contributed by atoms with Crippen LogP contribution in [0.25, 0.3) is 0 Å². The van der Waals surface area contributed by atoms with E-state index in [1.165, 1.54) is 0 Å². The molecule has 0 saturated carbocycles. The minimum absolute atomic E-state index is 0.131. The fourth-order valence-electron chi connectivity index (χ4n) is 0.637. The monoisotopic (exact) mass is 173 g/mol. The van der Waals surface area contributed by atoms with Gasteiger partial charge in [-0.25, -0.2) is 0 Å². The van der Waals surface area contributed by atoms with Crippen LogP contribution < -0.4 is 0 Å². The lowest BCUT2D eigenvalue weighted by molar-refractivity contribution is -0.145. The molecule has 0 spiro atoms. The fraction of sp³-hybridized carbons (Fsp3) is 0.889. The van der Waals surface area contributed by atoms with Crippen LogP contribution in [0, 0.1) is 5.92 Å². The Balaban J connectivity index is 3.46. The van der Waals surface area contributed by atoms with Gasteiger partial charge in [-0.15, -0.1) is 0 Å². The lowest BCUT2D eigenvalue weighted by Crippen LogP contribution is -2.27. The molecule has 0 aliphatic heterocycles. The van der Waals surface area contributed by atoms with Gasteiger partial charge in [-0.2, -0.15) is 0 Å². The number of hydrogen-bond donors (Lipinski definition) is 0. The number of rotatable bonds is 5. The summed E-state index contributed by atoms with van der Waals surface area (Å²) in [4.78, 5) is 13.0. The molecule has 0 aliphatic rings. The number of carbonyl (C=O) groups is 1. The highest BCUT2D eigenvalue weighted by atomic mass is 16.5. The molecule has 3 nitrogen and oxygen atoms in total. The van der Waals surface area contributed by atoms with Gasteiger partial charge in [0.25, 0.3) is 0 Å². The molecule has 0 fully saturated rings. The summed E-state index contributed by atoms with van der Waals surface area (Å²) in [6.45, 7) is 7.85. The summed E-state index contributed by atoms with van der Waals surface area (Å²) in [6, 6.07) is 0. The van der Waals surface area contributed by atoms with E-state index >= 15 is 0 Å². The van der Waals surface area contributed by atoms with E-state index in [0.29, 0.717) is 19.1 Å². The van der Waals surface area contributed by atoms with Gasteiger partial charge in [0.2, 0.25) is 0 Å². The van der Waals surface area contributed by atoms with Crippen LogP contribution in [0.2, 0.25) is 0 Å². The molecule has 0 rings (SSSR count). The van der Waals surface area contributed by atoms with Gasteiger partial charge >= 0.3 is 5.97 Å². The van der Waals surface area contributed by atoms with Crippen LogP contribution in [0.5, 0.6) is 0 Å². The van der Waals surface area contributed by atoms with Crippen LogP contribution in [-0.4, -0.2) is 37.6 Å². The standard InChI is InChI=1S/C9H19NO2/c1-5-10(4)6-9(11)12-7-8(2)3/h8H,5-7H2,1-4H3. The minimum atomic E-state index is -0.131. The summed E-state index contributed by atoms with van der Waals surface area (Å²) in [5, 5.41) is 0. The number of carbonyl (C=O) groups excluding carboxylic acids is 1. The highest BCUT2D eigenvalue weighted by Crippen LogP contribution is 1.93. The van der Waals surface area contributed by atoms with E-state index in [2.05, 4.69) is 0 Å². The van der Waals surface area contributed by atoms with Crippen LogP contribution in [0.3, 0.4) is 0 Å². The van der Waals surface area contributed by atoms with E-state index in [1.807, 2.05) is 32.7 Å². The van der Waals surface area contributed by atoms with E-state index in [4.69, 9.17) is 4.74 Å². The van der Waals surface area contributed by atoms with Gasteiger partial charge in [0.05, 0.1) is 13.2 Å². The quantitative estimate of drug-likeness (QED) is 0.584. The number of likely N-dealkylation sites (N-methyl/N-ethyl adjacent to an activating group) is 1. The van der Waals surface area contributed by atoms with Gasteiger partial charge in [-0.3, -0.25) is 9.69 Å². The van der Waals surface area contributed by atoms with E-state index < -0.39 is 0 Å². The van der Waals surface area contributed by atoms with Crippen molar-refractivity contribution in [2.24, 2.45) is 5.92 Å². The number of hydrogen-bond acceptors (Lipinski definition) is 3. The normalized spacial score (nSPS) is 10.8. The molecule has 0 saturated heterocycles. The van der Waals surface area contributed by atoms with E-state index in [0.717, 1.165) is 6.54 Å². The first kappa shape index (κ1) is 11.4. The van der Waals surface area contributed by atoms with Gasteiger partial charge in [-0.1, -0.05) is 20.8 Å². The molecule has 0 aliphatic carbocycles. The Kier molecular flexibility index (Phi) is 5.72. The van der Waals surface area contributed by atoms with E-state index in [-0.39, 0.29) is 5.97 Å². The van der Waals surface area contributed by atoms with Crippen molar-refractivity contribution in [1.82, 2.24) is 4.90 Å². The maximum atomic E-state index is 11.1. The van der Waals surface area contributed by atoms with Gasteiger partial charge in [0, 0.05) is 0 Å². The molecule has 0 aromatic rings. The smallest absolute Gasteiger partial charge is 0.320 e. The van der Waals surface area contributed by atoms with Crippen molar-refractivity contribution in [1.29, 1.82) is 0 Å². The highest BCUT2D eigenvalue weighted by molar-refractivity contribution is 5.71. The lowest BCUT2D eigenvalue weighted by atomic mass is 10.2. The Morgan fingerprint density at radius 1 is 1.50 bits per heavy atom. The average molecular weight is 173 g/mol. The molecule has 0 N–H and O–H groups in total. The second-order valence-corrected chi connectivity index (χ2v) is 3.41. The van der Waals surface area contributed by atoms with Crippen LogP contribution in [0.1, 0.15) is 20.8 Å². The molecule has 0 atom stereocenters. The third kappa shape index (κ3) is 6.16. The SMILES string of the molecule is CCN(C)CC(=O)OCC(C)C. The molecule has 0 amide bonds. The van der Waals surface area contributed by atoms with Crippen molar-refractivity contribution in [3.05, 3.63) is 0 Å². The van der Waals surface area contributed by atoms with Crippen molar-refractivity contribution in [2.75, 3.05) is 26.7 Å². The van der Waals surface area contributed by atoms with E-state index in [9.17, 15) is 4.79 Å². The molecule has 0 radical (unpaired) electrons. The van der Waals surface area contributed by atoms with Gasteiger partial charge in [-0.05, 0) is 19.5 Å². The minimum Gasteiger partial charge on any atom is -0.464 e. The number of nitrogens with zero attached hydrogens (tertiary/aromatic N) is 1. The summed E-state index contributed by atoms with van der Waals surface area (Å²) in [5.74, 6) is 0.286. The average Bonchev–Trinajstić information content (AvgIpc) is 2.00. The Morgan fingerprint density at radius 3 is 2.50 bits per heavy atom. The highest BCUT2D eigenvalue weighted by Gasteiger charge is 2.06. The first-order valence-electron chi connectivity index (χ1n) is 4.40.